The zero-order valence-electron chi connectivity index (χ0n) is 16.1. The quantitative estimate of drug-likeness (QED) is 0.566. The molecule has 2 atom stereocenters. The number of carbonyl (C=O) groups excluding carboxylic acids is 1. The van der Waals surface area contributed by atoms with E-state index in [-0.39, 0.29) is 24.1 Å². The smallest absolute Gasteiger partial charge is 0.232 e. The van der Waals surface area contributed by atoms with Gasteiger partial charge in [-0.25, -0.2) is 8.42 Å². The number of carbonyl (C=O) groups is 1. The zero-order valence-corrected chi connectivity index (χ0v) is 17.7. The minimum absolute atomic E-state index is 0. The molecule has 6 nitrogen and oxygen atoms in total. The van der Waals surface area contributed by atoms with Gasteiger partial charge in [0, 0.05) is 17.4 Å². The Morgan fingerprint density at radius 3 is 2.18 bits per heavy atom. The maximum Gasteiger partial charge on any atom is 0.232 e. The van der Waals surface area contributed by atoms with Crippen molar-refractivity contribution in [3.63, 3.8) is 0 Å². The van der Waals surface area contributed by atoms with Gasteiger partial charge in [-0.15, -0.1) is 12.4 Å². The number of benzene rings is 2. The average molecular weight is 426 g/mol. The first-order valence-corrected chi connectivity index (χ1v) is 10.7. The SMILES string of the molecule is CCCCS(=O)(=O)Nc1ccc(NC(=O)C(C)C(N)c2ccccc2)cc1.Cl. The lowest BCUT2D eigenvalue weighted by Gasteiger charge is -2.20. The molecule has 2 aromatic carbocycles. The van der Waals surface area contributed by atoms with Crippen LogP contribution < -0.4 is 15.8 Å². The van der Waals surface area contributed by atoms with E-state index in [1.54, 1.807) is 31.2 Å². The molecule has 0 aromatic heterocycles. The second-order valence-electron chi connectivity index (χ2n) is 6.57. The van der Waals surface area contributed by atoms with Crippen molar-refractivity contribution in [3.8, 4) is 0 Å². The molecule has 0 radical (unpaired) electrons. The number of unbranched alkanes of at least 4 members (excludes halogenated alkanes) is 1. The second-order valence-corrected chi connectivity index (χ2v) is 8.41. The van der Waals surface area contributed by atoms with Crippen LogP contribution in [0.4, 0.5) is 11.4 Å². The maximum atomic E-state index is 12.5. The summed E-state index contributed by atoms with van der Waals surface area (Å²) in [4.78, 5) is 12.5. The van der Waals surface area contributed by atoms with Crippen LogP contribution in [0, 0.1) is 5.92 Å². The minimum Gasteiger partial charge on any atom is -0.326 e. The van der Waals surface area contributed by atoms with E-state index in [0.29, 0.717) is 17.8 Å². The van der Waals surface area contributed by atoms with Crippen molar-refractivity contribution in [1.82, 2.24) is 0 Å². The van der Waals surface area contributed by atoms with Gasteiger partial charge in [-0.05, 0) is 36.2 Å². The first kappa shape index (κ1) is 23.9. The highest BCUT2D eigenvalue weighted by Crippen LogP contribution is 2.21. The van der Waals surface area contributed by atoms with Gasteiger partial charge in [0.05, 0.1) is 11.7 Å². The normalized spacial score (nSPS) is 13.1. The summed E-state index contributed by atoms with van der Waals surface area (Å²) in [7, 11) is -3.34. The number of halogens is 1. The summed E-state index contributed by atoms with van der Waals surface area (Å²) in [6.07, 6.45) is 1.43. The topological polar surface area (TPSA) is 101 Å². The van der Waals surface area contributed by atoms with Gasteiger partial charge in [-0.1, -0.05) is 50.6 Å². The molecule has 1 amide bonds. The Morgan fingerprint density at radius 1 is 1.04 bits per heavy atom. The Labute approximate surface area is 173 Å². The number of nitrogens with two attached hydrogens (primary N) is 1. The molecule has 154 valence electrons. The lowest BCUT2D eigenvalue weighted by Crippen LogP contribution is -2.30. The van der Waals surface area contributed by atoms with Crippen molar-refractivity contribution < 1.29 is 13.2 Å². The number of hydrogen-bond donors (Lipinski definition) is 3. The molecule has 8 heteroatoms. The Kier molecular flexibility index (Phi) is 9.45. The Bertz CT molecular complexity index is 843. The minimum atomic E-state index is -3.34. The number of rotatable bonds is 9. The number of amides is 1. The number of nitrogens with one attached hydrogen (secondary N) is 2. The maximum absolute atomic E-state index is 12.5. The van der Waals surface area contributed by atoms with E-state index in [0.717, 1.165) is 12.0 Å². The molecule has 28 heavy (non-hydrogen) atoms. The van der Waals surface area contributed by atoms with E-state index < -0.39 is 22.0 Å². The van der Waals surface area contributed by atoms with Gasteiger partial charge in [0.25, 0.3) is 0 Å². The summed E-state index contributed by atoms with van der Waals surface area (Å²) in [5.41, 5.74) is 8.15. The van der Waals surface area contributed by atoms with E-state index in [2.05, 4.69) is 10.0 Å². The highest BCUT2D eigenvalue weighted by atomic mass is 35.5. The van der Waals surface area contributed by atoms with Crippen LogP contribution in [-0.2, 0) is 14.8 Å². The molecular formula is C20H28ClN3O3S. The van der Waals surface area contributed by atoms with Crippen LogP contribution in [0.5, 0.6) is 0 Å². The molecule has 2 rings (SSSR count). The third-order valence-electron chi connectivity index (χ3n) is 4.33. The number of anilines is 2. The van der Waals surface area contributed by atoms with Crippen LogP contribution in [-0.4, -0.2) is 20.1 Å². The van der Waals surface area contributed by atoms with E-state index in [1.807, 2.05) is 37.3 Å². The lowest BCUT2D eigenvalue weighted by atomic mass is 9.94. The predicted molar refractivity (Wildman–Crippen MR) is 117 cm³/mol. The van der Waals surface area contributed by atoms with Crippen LogP contribution in [0.1, 0.15) is 38.3 Å². The van der Waals surface area contributed by atoms with Crippen LogP contribution in [0.3, 0.4) is 0 Å². The third-order valence-corrected chi connectivity index (χ3v) is 5.70. The molecule has 0 fully saturated rings. The molecule has 2 aromatic rings. The largest absolute Gasteiger partial charge is 0.326 e. The lowest BCUT2D eigenvalue weighted by molar-refractivity contribution is -0.120. The van der Waals surface area contributed by atoms with Gasteiger partial charge in [0.1, 0.15) is 0 Å². The van der Waals surface area contributed by atoms with Crippen molar-refractivity contribution >= 4 is 39.7 Å². The molecule has 4 N–H and O–H groups in total. The fourth-order valence-electron chi connectivity index (χ4n) is 2.57. The van der Waals surface area contributed by atoms with Gasteiger partial charge in [0.2, 0.25) is 15.9 Å². The van der Waals surface area contributed by atoms with Crippen LogP contribution >= 0.6 is 12.4 Å². The standard InChI is InChI=1S/C20H27N3O3S.ClH/c1-3-4-14-27(25,26)23-18-12-10-17(11-13-18)22-20(24)15(2)19(21)16-8-6-5-7-9-16;/h5-13,15,19,23H,3-4,14,21H2,1-2H3,(H,22,24);1H. The van der Waals surface area contributed by atoms with Gasteiger partial charge >= 0.3 is 0 Å². The van der Waals surface area contributed by atoms with Crippen LogP contribution in [0.25, 0.3) is 0 Å². The number of hydrogen-bond acceptors (Lipinski definition) is 4. The van der Waals surface area contributed by atoms with Crippen molar-refractivity contribution in [2.45, 2.75) is 32.7 Å². The molecule has 0 bridgehead atoms. The first-order chi connectivity index (χ1) is 12.8. The summed E-state index contributed by atoms with van der Waals surface area (Å²) in [6.45, 7) is 3.72. The molecule has 0 spiro atoms. The zero-order chi connectivity index (χ0) is 19.9. The fourth-order valence-corrected chi connectivity index (χ4v) is 3.84. The van der Waals surface area contributed by atoms with Gasteiger partial charge in [0.15, 0.2) is 0 Å². The van der Waals surface area contributed by atoms with Gasteiger partial charge in [-0.2, -0.15) is 0 Å². The fraction of sp³-hybridized carbons (Fsp3) is 0.350. The summed E-state index contributed by atoms with van der Waals surface area (Å²) in [5.74, 6) is -0.515. The van der Waals surface area contributed by atoms with Crippen molar-refractivity contribution in [2.75, 3.05) is 15.8 Å². The molecule has 0 heterocycles. The third kappa shape index (κ3) is 7.14. The average Bonchev–Trinajstić information content (AvgIpc) is 2.67. The summed E-state index contributed by atoms with van der Waals surface area (Å²) in [5, 5.41) is 2.82. The van der Waals surface area contributed by atoms with Crippen molar-refractivity contribution in [2.24, 2.45) is 11.7 Å². The Morgan fingerprint density at radius 2 is 1.61 bits per heavy atom. The molecule has 0 aliphatic heterocycles. The Hall–Kier alpha value is -2.09. The summed E-state index contributed by atoms with van der Waals surface area (Å²) in [6, 6.07) is 15.6. The van der Waals surface area contributed by atoms with E-state index in [4.69, 9.17) is 5.73 Å². The molecule has 0 saturated heterocycles. The highest BCUT2D eigenvalue weighted by Gasteiger charge is 2.22. The predicted octanol–water partition coefficient (Wildman–Crippen LogP) is 3.92. The van der Waals surface area contributed by atoms with Crippen LogP contribution in [0.2, 0.25) is 0 Å². The number of sulfonamides is 1. The summed E-state index contributed by atoms with van der Waals surface area (Å²) >= 11 is 0. The first-order valence-electron chi connectivity index (χ1n) is 9.04. The highest BCUT2D eigenvalue weighted by molar-refractivity contribution is 7.92. The molecule has 0 saturated carbocycles. The molecule has 2 unspecified atom stereocenters. The van der Waals surface area contributed by atoms with Crippen molar-refractivity contribution in [3.05, 3.63) is 60.2 Å². The van der Waals surface area contributed by atoms with Gasteiger partial charge < -0.3 is 11.1 Å². The second kappa shape index (κ2) is 11.0. The van der Waals surface area contributed by atoms with E-state index in [9.17, 15) is 13.2 Å². The molecule has 0 aliphatic rings. The van der Waals surface area contributed by atoms with Gasteiger partial charge in [-0.3, -0.25) is 9.52 Å². The Balaban J connectivity index is 0.00000392. The van der Waals surface area contributed by atoms with Crippen LogP contribution in [0.15, 0.2) is 54.6 Å². The molecule has 0 aliphatic carbocycles. The van der Waals surface area contributed by atoms with E-state index in [1.165, 1.54) is 0 Å². The van der Waals surface area contributed by atoms with E-state index >= 15 is 0 Å². The monoisotopic (exact) mass is 425 g/mol. The van der Waals surface area contributed by atoms with Crippen molar-refractivity contribution in [1.29, 1.82) is 0 Å². The molecular weight excluding hydrogens is 398 g/mol. The summed E-state index contributed by atoms with van der Waals surface area (Å²) < 4.78 is 26.4.